The van der Waals surface area contributed by atoms with Crippen LogP contribution in [-0.4, -0.2) is 39.9 Å². The van der Waals surface area contributed by atoms with Crippen LogP contribution in [0.15, 0.2) is 8.94 Å². The van der Waals surface area contributed by atoms with Gasteiger partial charge in [0, 0.05) is 0 Å². The van der Waals surface area contributed by atoms with Crippen LogP contribution in [0.5, 0.6) is 0 Å². The molecule has 0 fully saturated rings. The number of ether oxygens (including phenoxy) is 1. The number of carboxylic acid groups (broad SMARTS) is 1. The molecule has 0 atom stereocenters. The van der Waals surface area contributed by atoms with Crippen molar-refractivity contribution in [1.29, 1.82) is 0 Å². The van der Waals surface area contributed by atoms with Crippen LogP contribution in [0.4, 0.5) is 5.13 Å². The molecular weight excluding hydrogens is 366 g/mol. The Hall–Kier alpha value is -1.68. The van der Waals surface area contributed by atoms with Crippen molar-refractivity contribution in [3.8, 4) is 0 Å². The molecule has 0 spiro atoms. The molecule has 1 rings (SSSR count). The molecular formula is C11H14BrN3O5S. The maximum atomic E-state index is 11.4. The molecule has 0 aliphatic rings. The highest BCUT2D eigenvalue weighted by Crippen LogP contribution is 2.27. The molecule has 0 saturated carbocycles. The second-order valence-corrected chi connectivity index (χ2v) is 7.13. The lowest BCUT2D eigenvalue weighted by Gasteiger charge is -2.18. The number of aliphatic carboxylic acids is 1. The Morgan fingerprint density at radius 1 is 1.48 bits per heavy atom. The van der Waals surface area contributed by atoms with Gasteiger partial charge in [0.2, 0.25) is 12.3 Å². The van der Waals surface area contributed by atoms with E-state index in [1.807, 2.05) is 0 Å². The third-order valence-electron chi connectivity index (χ3n) is 1.79. The molecule has 0 aromatic carbocycles. The van der Waals surface area contributed by atoms with Gasteiger partial charge in [0.25, 0.3) is 0 Å². The van der Waals surface area contributed by atoms with Crippen LogP contribution in [0.3, 0.4) is 0 Å². The number of carboxylic acids is 1. The van der Waals surface area contributed by atoms with Crippen molar-refractivity contribution in [2.24, 2.45) is 5.16 Å². The molecule has 0 bridgehead atoms. The maximum Gasteiger partial charge on any atom is 0.360 e. The van der Waals surface area contributed by atoms with Crippen LogP contribution < -0.4 is 5.73 Å². The lowest BCUT2D eigenvalue weighted by atomic mass is 10.2. The molecule has 0 saturated heterocycles. The van der Waals surface area contributed by atoms with Gasteiger partial charge in [0.05, 0.1) is 0 Å². The minimum atomic E-state index is -1.36. The molecule has 10 heteroatoms. The van der Waals surface area contributed by atoms with Crippen molar-refractivity contribution in [2.45, 2.75) is 26.4 Å². The second kappa shape index (κ2) is 6.85. The molecule has 1 aromatic rings. The van der Waals surface area contributed by atoms with Gasteiger partial charge in [-0.2, -0.15) is 0 Å². The zero-order valence-electron chi connectivity index (χ0n) is 11.5. The van der Waals surface area contributed by atoms with E-state index in [4.69, 9.17) is 20.4 Å². The number of oxime groups is 1. The standard InChI is InChI=1S/C11H14BrN3O5S/c1-11(2,3)20-5(16)4-19-15-7(9(17)18)6-8(12)21-10(13)14-6/h4H2,1-3H3,(H2,13,14)(H,17,18). The summed E-state index contributed by atoms with van der Waals surface area (Å²) in [4.78, 5) is 31.1. The highest BCUT2D eigenvalue weighted by molar-refractivity contribution is 9.11. The van der Waals surface area contributed by atoms with Gasteiger partial charge in [-0.05, 0) is 36.7 Å². The second-order valence-electron chi connectivity index (χ2n) is 4.78. The van der Waals surface area contributed by atoms with Crippen LogP contribution in [0.25, 0.3) is 0 Å². The fraction of sp³-hybridized carbons (Fsp3) is 0.455. The first-order valence-electron chi connectivity index (χ1n) is 5.67. The lowest BCUT2D eigenvalue weighted by Crippen LogP contribution is -2.26. The molecule has 8 nitrogen and oxygen atoms in total. The van der Waals surface area contributed by atoms with E-state index in [0.717, 1.165) is 11.3 Å². The summed E-state index contributed by atoms with van der Waals surface area (Å²) in [7, 11) is 0. The number of halogens is 1. The van der Waals surface area contributed by atoms with Crippen LogP contribution >= 0.6 is 27.3 Å². The number of aromatic nitrogens is 1. The summed E-state index contributed by atoms with van der Waals surface area (Å²) in [5.41, 5.74) is 4.39. The number of nitrogens with zero attached hydrogens (tertiary/aromatic N) is 2. The highest BCUT2D eigenvalue weighted by Gasteiger charge is 2.22. The fourth-order valence-electron chi connectivity index (χ4n) is 1.17. The Balaban J connectivity index is 2.77. The first kappa shape index (κ1) is 17.4. The smallest absolute Gasteiger partial charge is 0.360 e. The summed E-state index contributed by atoms with van der Waals surface area (Å²) in [6.45, 7) is 4.59. The number of esters is 1. The van der Waals surface area contributed by atoms with Crippen molar-refractivity contribution < 1.29 is 24.3 Å². The van der Waals surface area contributed by atoms with Gasteiger partial charge in [-0.15, -0.1) is 0 Å². The fourth-order valence-corrected chi connectivity index (χ4v) is 2.50. The number of hydrogen-bond acceptors (Lipinski definition) is 8. The molecule has 0 aliphatic heterocycles. The van der Waals surface area contributed by atoms with Crippen molar-refractivity contribution in [1.82, 2.24) is 4.98 Å². The van der Waals surface area contributed by atoms with E-state index in [-0.39, 0.29) is 10.8 Å². The average Bonchev–Trinajstić information content (AvgIpc) is 2.61. The number of anilines is 1. The van der Waals surface area contributed by atoms with Crippen molar-refractivity contribution in [2.75, 3.05) is 12.3 Å². The van der Waals surface area contributed by atoms with E-state index in [9.17, 15) is 9.59 Å². The third-order valence-corrected chi connectivity index (χ3v) is 3.32. The summed E-state index contributed by atoms with van der Waals surface area (Å²) in [5, 5.41) is 12.7. The van der Waals surface area contributed by atoms with Gasteiger partial charge < -0.3 is 20.4 Å². The van der Waals surface area contributed by atoms with Gasteiger partial charge in [0.1, 0.15) is 15.1 Å². The van der Waals surface area contributed by atoms with E-state index >= 15 is 0 Å². The van der Waals surface area contributed by atoms with Gasteiger partial charge in [-0.25, -0.2) is 14.6 Å². The topological polar surface area (TPSA) is 124 Å². The van der Waals surface area contributed by atoms with Gasteiger partial charge in [0.15, 0.2) is 5.13 Å². The number of rotatable bonds is 5. The quantitative estimate of drug-likeness (QED) is 0.452. The molecule has 0 unspecified atom stereocenters. The third kappa shape index (κ3) is 5.68. The molecule has 0 radical (unpaired) electrons. The molecule has 1 aromatic heterocycles. The summed E-state index contributed by atoms with van der Waals surface area (Å²) >= 11 is 4.19. The summed E-state index contributed by atoms with van der Waals surface area (Å²) in [5.74, 6) is -2.02. The van der Waals surface area contributed by atoms with Gasteiger partial charge in [-0.1, -0.05) is 16.5 Å². The molecule has 0 amide bonds. The number of hydrogen-bond donors (Lipinski definition) is 2. The largest absolute Gasteiger partial charge is 0.476 e. The van der Waals surface area contributed by atoms with Gasteiger partial charge >= 0.3 is 11.9 Å². The highest BCUT2D eigenvalue weighted by atomic mass is 79.9. The summed E-state index contributed by atoms with van der Waals surface area (Å²) in [6.07, 6.45) is 0. The number of carbonyl (C=O) groups excluding carboxylic acids is 1. The Kier molecular flexibility index (Phi) is 5.67. The SMILES string of the molecule is CC(C)(C)OC(=O)CON=C(C(=O)O)c1nc(N)sc1Br. The van der Waals surface area contributed by atoms with E-state index in [2.05, 4.69) is 26.1 Å². The Labute approximate surface area is 133 Å². The molecule has 0 aliphatic carbocycles. The van der Waals surface area contributed by atoms with Crippen LogP contribution in [0.2, 0.25) is 0 Å². The number of thiazole rings is 1. The Morgan fingerprint density at radius 3 is 2.52 bits per heavy atom. The maximum absolute atomic E-state index is 11.4. The van der Waals surface area contributed by atoms with E-state index in [0.29, 0.717) is 3.79 Å². The molecule has 116 valence electrons. The van der Waals surface area contributed by atoms with Gasteiger partial charge in [-0.3, -0.25) is 0 Å². The van der Waals surface area contributed by atoms with E-state index in [1.54, 1.807) is 20.8 Å². The van der Waals surface area contributed by atoms with Crippen LogP contribution in [0, 0.1) is 0 Å². The van der Waals surface area contributed by atoms with Crippen molar-refractivity contribution in [3.63, 3.8) is 0 Å². The first-order valence-corrected chi connectivity index (χ1v) is 7.28. The lowest BCUT2D eigenvalue weighted by molar-refractivity contribution is -0.160. The molecule has 21 heavy (non-hydrogen) atoms. The predicted molar refractivity (Wildman–Crippen MR) is 80.2 cm³/mol. The van der Waals surface area contributed by atoms with E-state index in [1.165, 1.54) is 0 Å². The predicted octanol–water partition coefficient (Wildman–Crippen LogP) is 1.63. The summed E-state index contributed by atoms with van der Waals surface area (Å²) < 4.78 is 5.39. The minimum absolute atomic E-state index is 0.0363. The summed E-state index contributed by atoms with van der Waals surface area (Å²) in [6, 6.07) is 0. The first-order chi connectivity index (χ1) is 9.60. The average molecular weight is 380 g/mol. The Bertz CT molecular complexity index is 579. The minimum Gasteiger partial charge on any atom is -0.476 e. The zero-order valence-corrected chi connectivity index (χ0v) is 13.9. The molecule has 3 N–H and O–H groups in total. The number of nitrogen functional groups attached to an aromatic ring is 1. The van der Waals surface area contributed by atoms with Crippen LogP contribution in [-0.2, 0) is 19.2 Å². The monoisotopic (exact) mass is 379 g/mol. The van der Waals surface area contributed by atoms with Crippen molar-refractivity contribution in [3.05, 3.63) is 9.48 Å². The molecule has 1 heterocycles. The number of carbonyl (C=O) groups is 2. The van der Waals surface area contributed by atoms with Crippen molar-refractivity contribution >= 4 is 50.0 Å². The number of nitrogens with two attached hydrogens (primary N) is 1. The zero-order chi connectivity index (χ0) is 16.2. The van der Waals surface area contributed by atoms with E-state index < -0.39 is 29.9 Å². The Morgan fingerprint density at radius 2 is 2.10 bits per heavy atom. The normalized spacial score (nSPS) is 12.1. The van der Waals surface area contributed by atoms with Crippen LogP contribution in [0.1, 0.15) is 26.5 Å².